The van der Waals surface area contributed by atoms with Crippen LogP contribution in [0.25, 0.3) is 97.6 Å². The Kier molecular flexibility index (Phi) is 21.8. The number of nitrogens with zero attached hydrogens (tertiary/aromatic N) is 10. The highest BCUT2D eigenvalue weighted by atomic mass is 32.2. The molecule has 0 saturated carbocycles. The van der Waals surface area contributed by atoms with E-state index in [1.54, 1.807) is 103 Å². The summed E-state index contributed by atoms with van der Waals surface area (Å²) in [5.41, 5.74) is 9.88. The van der Waals surface area contributed by atoms with E-state index in [-0.39, 0.29) is 56.7 Å². The van der Waals surface area contributed by atoms with E-state index in [2.05, 4.69) is 76.4 Å². The minimum absolute atomic E-state index is 0.0239. The lowest BCUT2D eigenvalue weighted by Gasteiger charge is -2.13. The van der Waals surface area contributed by atoms with Crippen LogP contribution >= 0.6 is 0 Å². The number of aromatic nitrogens is 10. The Morgan fingerprint density at radius 3 is 0.993 bits per heavy atom. The molecule has 0 aliphatic carbocycles. The van der Waals surface area contributed by atoms with Crippen LogP contribution < -0.4 is 26.6 Å². The van der Waals surface area contributed by atoms with E-state index < -0.39 is 60.9 Å². The number of nitrogens with one attached hydrogen (secondary N) is 5. The SMILES string of the molecule is O=S1(=O)CCc2c1ccc1ncnc(Nc3ccc(C(F)(F)F)cc3)c21.O=S1(=O)CCc2c1ccc1ncnc(Nc3ccc4cccc(O)c4c3)c21.O=S1(=O)CCc2c1ccc1ncnc(Nc3cccc4c(O)cccc34)c21.O=S1(=O)CCc2c1ccc1ncnc(Nc3cccc4cc(O)ccc34)c21.O=S1(=O)CCc2c1ccc1ncnc(Nc3cccc4ccc(O)cc34)c21. The molecule has 0 radical (unpaired) electrons. The zero-order valence-corrected chi connectivity index (χ0v) is 74.0. The second kappa shape index (κ2) is 33.7. The molecule has 0 saturated heterocycles. The van der Waals surface area contributed by atoms with Crippen molar-refractivity contribution < 1.29 is 75.7 Å². The molecule has 24 rings (SSSR count). The summed E-state index contributed by atoms with van der Waals surface area (Å²) in [5.74, 6) is 3.88. The molecule has 9 N–H and O–H groups in total. The Balaban J connectivity index is 0.000000104. The van der Waals surface area contributed by atoms with Gasteiger partial charge < -0.3 is 47.0 Å². The third kappa shape index (κ3) is 16.3. The minimum Gasteiger partial charge on any atom is -0.508 e. The molecule has 37 heteroatoms. The number of benzene rings is 14. The number of phenolic OH excluding ortho intramolecular Hbond substituents is 4. The number of aromatic hydroxyl groups is 4. The third-order valence-corrected chi connectivity index (χ3v) is 33.1. The van der Waals surface area contributed by atoms with Crippen molar-refractivity contribution in [2.45, 2.75) is 62.8 Å². The van der Waals surface area contributed by atoms with E-state index >= 15 is 0 Å². The zero-order chi connectivity index (χ0) is 92.9. The standard InChI is InChI=1S/4C20H15N3O3S.C17H12F3N3O2S/c24-17-6-2-3-12-13(17)4-1-5-15(12)23-20-19-14-9-10-27(25,26)18(14)8-7-16(19)21-11-22-20;24-13-4-5-14-12(10-13)2-1-3-16(14)23-20-19-15-8-9-27(25,26)18(15)7-6-17(19)21-11-22-20;24-17-3-1-2-12-4-5-13(10-15(12)17)23-20-19-14-8-9-27(25,26)18(14)7-6-16(19)21-11-22-20;24-13-5-4-12-2-1-3-16(15(12)10-13)23-20-19-14-8-9-27(25,26)18(14)7-6-17(19)21-11-22-20;18-17(19,20)10-1-3-11(4-2-10)23-16-15-12-7-8-26(24,25)14(12)6-5-13(15)21-9-22-16/h1-8,11,24H,9-10H2,(H,21,22,23);3*1-7,10-11,24H,8-9H2,(H,21,22,23);1-6,9H,7-8H2,(H,21,22,23). The Labute approximate surface area is 761 Å². The molecular weight excluding hydrogens is 1820 g/mol. The topological polar surface area (TPSA) is 441 Å². The van der Waals surface area contributed by atoms with Crippen molar-refractivity contribution in [3.8, 4) is 23.0 Å². The quantitative estimate of drug-likeness (QED) is 0.0614. The summed E-state index contributed by atoms with van der Waals surface area (Å²) in [5, 5.41) is 66.4. The van der Waals surface area contributed by atoms with Crippen LogP contribution in [-0.4, -0.2) is 141 Å². The van der Waals surface area contributed by atoms with E-state index in [4.69, 9.17) is 0 Å². The first kappa shape index (κ1) is 86.6. The first-order valence-electron chi connectivity index (χ1n) is 41.7. The maximum absolute atomic E-state index is 12.7. The van der Waals surface area contributed by atoms with Crippen LogP contribution in [-0.2, 0) is 87.5 Å². The number of hydrogen-bond donors (Lipinski definition) is 9. The molecule has 14 aromatic carbocycles. The molecule has 5 aliphatic heterocycles. The summed E-state index contributed by atoms with van der Waals surface area (Å²) in [6, 6.07) is 64.9. The summed E-state index contributed by atoms with van der Waals surface area (Å²) in [6.07, 6.45) is 4.93. The molecule has 10 heterocycles. The Bertz CT molecular complexity index is 8660. The van der Waals surface area contributed by atoms with Gasteiger partial charge in [0.2, 0.25) is 0 Å². The summed E-state index contributed by atoms with van der Waals surface area (Å²) in [7, 11) is -16.3. The number of alkyl halides is 3. The molecule has 134 heavy (non-hydrogen) atoms. The van der Waals surface area contributed by atoms with Gasteiger partial charge in [0.1, 0.15) is 83.7 Å². The van der Waals surface area contributed by atoms with Gasteiger partial charge in [-0.3, -0.25) is 0 Å². The van der Waals surface area contributed by atoms with Crippen LogP contribution in [0, 0.1) is 0 Å². The fourth-order valence-corrected chi connectivity index (χ4v) is 25.5. The molecule has 0 atom stereocenters. The maximum atomic E-state index is 12.7. The Hall–Kier alpha value is -15.4. The molecule has 0 amide bonds. The highest BCUT2D eigenvalue weighted by molar-refractivity contribution is 7.93. The average molecular weight is 1890 g/mol. The van der Waals surface area contributed by atoms with Crippen molar-refractivity contribution in [3.05, 3.63) is 296 Å². The van der Waals surface area contributed by atoms with E-state index in [1.807, 2.05) is 97.1 Å². The summed E-state index contributed by atoms with van der Waals surface area (Å²) < 4.78 is 161. The van der Waals surface area contributed by atoms with Crippen LogP contribution in [0.15, 0.2) is 287 Å². The van der Waals surface area contributed by atoms with E-state index in [0.29, 0.717) is 125 Å². The number of sulfone groups is 5. The number of aryl methyl sites for hydroxylation is 5. The Morgan fingerprint density at radius 1 is 0.261 bits per heavy atom. The van der Waals surface area contributed by atoms with Crippen LogP contribution in [0.5, 0.6) is 23.0 Å². The minimum atomic E-state index is -4.41. The van der Waals surface area contributed by atoms with Crippen molar-refractivity contribution in [2.75, 3.05) is 55.3 Å². The predicted molar refractivity (Wildman–Crippen MR) is 507 cm³/mol. The van der Waals surface area contributed by atoms with Crippen LogP contribution in [0.2, 0.25) is 0 Å². The van der Waals surface area contributed by atoms with Crippen molar-refractivity contribution >= 4 is 204 Å². The molecule has 19 aromatic rings. The smallest absolute Gasteiger partial charge is 0.416 e. The number of hydrogen-bond acceptors (Lipinski definition) is 29. The number of rotatable bonds is 10. The summed E-state index contributed by atoms with van der Waals surface area (Å²) in [4.78, 5) is 44.7. The first-order valence-corrected chi connectivity index (χ1v) is 50.0. The van der Waals surface area contributed by atoms with Crippen molar-refractivity contribution in [2.24, 2.45) is 0 Å². The average Bonchev–Trinajstić information content (AvgIpc) is 1.60. The van der Waals surface area contributed by atoms with Crippen LogP contribution in [0.3, 0.4) is 0 Å². The number of phenols is 4. The molecule has 670 valence electrons. The van der Waals surface area contributed by atoms with Gasteiger partial charge in [0.15, 0.2) is 49.2 Å². The number of halogens is 3. The second-order valence-electron chi connectivity index (χ2n) is 32.2. The summed E-state index contributed by atoms with van der Waals surface area (Å²) >= 11 is 0. The molecule has 5 aromatic heterocycles. The monoisotopic (exact) mass is 1890 g/mol. The van der Waals surface area contributed by atoms with Gasteiger partial charge in [0.25, 0.3) is 0 Å². The van der Waals surface area contributed by atoms with Gasteiger partial charge in [-0.15, -0.1) is 0 Å². The predicted octanol–water partition coefficient (Wildman–Crippen LogP) is 18.0. The van der Waals surface area contributed by atoms with Gasteiger partial charge in [-0.05, 0) is 234 Å². The van der Waals surface area contributed by atoms with Crippen molar-refractivity contribution in [1.82, 2.24) is 49.8 Å². The lowest BCUT2D eigenvalue weighted by atomic mass is 10.1. The van der Waals surface area contributed by atoms with Gasteiger partial charge >= 0.3 is 6.18 Å². The zero-order valence-electron chi connectivity index (χ0n) is 69.9. The van der Waals surface area contributed by atoms with Crippen molar-refractivity contribution in [1.29, 1.82) is 0 Å². The van der Waals surface area contributed by atoms with E-state index in [0.717, 1.165) is 122 Å². The molecule has 0 unspecified atom stereocenters. The summed E-state index contributed by atoms with van der Waals surface area (Å²) in [6.45, 7) is 0. The molecule has 0 spiro atoms. The van der Waals surface area contributed by atoms with E-state index in [1.165, 1.54) is 49.8 Å². The highest BCUT2D eigenvalue weighted by Crippen LogP contribution is 2.45. The molecule has 0 fully saturated rings. The Morgan fingerprint density at radius 2 is 0.575 bits per heavy atom. The van der Waals surface area contributed by atoms with Gasteiger partial charge in [0, 0.05) is 82.3 Å². The molecular formula is C97H72F3N15O14S5. The van der Waals surface area contributed by atoms with Crippen molar-refractivity contribution in [3.63, 3.8) is 0 Å². The van der Waals surface area contributed by atoms with Gasteiger partial charge in [-0.25, -0.2) is 91.9 Å². The van der Waals surface area contributed by atoms with Crippen LogP contribution in [0.4, 0.5) is 70.7 Å². The fourth-order valence-electron chi connectivity index (χ4n) is 17.8. The normalized spacial score (nSPS) is 15.2. The second-order valence-corrected chi connectivity index (χ2v) is 42.5. The number of anilines is 10. The van der Waals surface area contributed by atoms with E-state index in [9.17, 15) is 75.7 Å². The molecule has 0 bridgehead atoms. The first-order chi connectivity index (χ1) is 64.4. The lowest BCUT2D eigenvalue weighted by Crippen LogP contribution is -2.05. The van der Waals surface area contributed by atoms with Gasteiger partial charge in [-0.1, -0.05) is 72.8 Å². The van der Waals surface area contributed by atoms with Gasteiger partial charge in [0.05, 0.1) is 86.4 Å². The number of fused-ring (bicyclic) bond motifs is 19. The highest BCUT2D eigenvalue weighted by Gasteiger charge is 2.36. The molecule has 29 nitrogen and oxygen atoms in total. The maximum Gasteiger partial charge on any atom is 0.416 e. The third-order valence-electron chi connectivity index (χ3n) is 24.1. The lowest BCUT2D eigenvalue weighted by molar-refractivity contribution is -0.137. The largest absolute Gasteiger partial charge is 0.508 e. The van der Waals surface area contributed by atoms with Gasteiger partial charge in [-0.2, -0.15) is 13.2 Å². The molecule has 5 aliphatic rings. The van der Waals surface area contributed by atoms with Crippen LogP contribution in [0.1, 0.15) is 33.4 Å². The fraction of sp³-hybridized carbons (Fsp3) is 0.113.